The summed E-state index contributed by atoms with van der Waals surface area (Å²) in [6.07, 6.45) is 1.62. The maximum absolute atomic E-state index is 12.5. The molecule has 0 aliphatic carbocycles. The smallest absolute Gasteiger partial charge is 0.235 e. The van der Waals surface area contributed by atoms with E-state index in [-0.39, 0.29) is 9.24 Å². The van der Waals surface area contributed by atoms with Gasteiger partial charge in [0.2, 0.25) is 14.2 Å². The fraction of sp³-hybridized carbons (Fsp3) is 0.0714. The molecule has 21 heavy (non-hydrogen) atoms. The summed E-state index contributed by atoms with van der Waals surface area (Å²) in [7, 11) is -3.63. The van der Waals surface area contributed by atoms with Gasteiger partial charge in [-0.3, -0.25) is 4.98 Å². The van der Waals surface area contributed by atoms with Crippen LogP contribution in [0.2, 0.25) is 0 Å². The Labute approximate surface area is 126 Å². The zero-order chi connectivity index (χ0) is 14.9. The molecule has 0 amide bonds. The molecule has 0 atom stereocenters. The van der Waals surface area contributed by atoms with Crippen LogP contribution in [-0.2, 0) is 9.84 Å². The SMILES string of the molecule is Cc1ccc(S(=O)(=O)c2nc(-c3ccccn3)ns2)cc1. The second kappa shape index (κ2) is 5.34. The molecule has 106 valence electrons. The Morgan fingerprint density at radius 2 is 1.81 bits per heavy atom. The van der Waals surface area contributed by atoms with Crippen LogP contribution in [0.4, 0.5) is 0 Å². The van der Waals surface area contributed by atoms with Crippen molar-refractivity contribution in [1.29, 1.82) is 0 Å². The Morgan fingerprint density at radius 3 is 2.48 bits per heavy atom. The summed E-state index contributed by atoms with van der Waals surface area (Å²) in [5, 5.41) is 0. The standard InChI is InChI=1S/C14H11N3O2S2/c1-10-5-7-11(8-6-10)21(18,19)14-16-13(17-20-14)12-4-2-3-9-15-12/h2-9H,1H3. The summed E-state index contributed by atoms with van der Waals surface area (Å²) in [5.74, 6) is 0.325. The van der Waals surface area contributed by atoms with Crippen molar-refractivity contribution in [1.82, 2.24) is 14.3 Å². The lowest BCUT2D eigenvalue weighted by Crippen LogP contribution is -2.01. The van der Waals surface area contributed by atoms with Gasteiger partial charge in [-0.1, -0.05) is 23.8 Å². The monoisotopic (exact) mass is 317 g/mol. The topological polar surface area (TPSA) is 72.8 Å². The maximum atomic E-state index is 12.5. The third-order valence-corrected chi connectivity index (χ3v) is 5.70. The van der Waals surface area contributed by atoms with Gasteiger partial charge in [-0.2, -0.15) is 4.37 Å². The lowest BCUT2D eigenvalue weighted by atomic mass is 10.2. The zero-order valence-corrected chi connectivity index (χ0v) is 12.7. The summed E-state index contributed by atoms with van der Waals surface area (Å²) < 4.78 is 29.0. The number of hydrogen-bond acceptors (Lipinski definition) is 6. The molecule has 1 aromatic carbocycles. The van der Waals surface area contributed by atoms with Crippen molar-refractivity contribution in [3.05, 3.63) is 54.2 Å². The Balaban J connectivity index is 2.01. The predicted molar refractivity (Wildman–Crippen MR) is 79.8 cm³/mol. The van der Waals surface area contributed by atoms with E-state index in [0.29, 0.717) is 11.5 Å². The van der Waals surface area contributed by atoms with Gasteiger partial charge < -0.3 is 0 Å². The molecule has 3 aromatic rings. The van der Waals surface area contributed by atoms with Crippen LogP contribution in [0, 0.1) is 6.92 Å². The van der Waals surface area contributed by atoms with E-state index in [1.165, 1.54) is 0 Å². The summed E-state index contributed by atoms with van der Waals surface area (Å²) in [6.45, 7) is 1.90. The zero-order valence-electron chi connectivity index (χ0n) is 11.1. The van der Waals surface area contributed by atoms with Crippen molar-refractivity contribution >= 4 is 21.4 Å². The van der Waals surface area contributed by atoms with Gasteiger partial charge in [0, 0.05) is 6.20 Å². The highest BCUT2D eigenvalue weighted by Gasteiger charge is 2.23. The summed E-state index contributed by atoms with van der Waals surface area (Å²) >= 11 is 0.861. The second-order valence-electron chi connectivity index (χ2n) is 4.42. The summed E-state index contributed by atoms with van der Waals surface area (Å²) in [5.41, 5.74) is 1.56. The lowest BCUT2D eigenvalue weighted by molar-refractivity contribution is 0.595. The number of aryl methyl sites for hydroxylation is 1. The first-order valence-electron chi connectivity index (χ1n) is 6.14. The van der Waals surface area contributed by atoms with Crippen molar-refractivity contribution in [2.75, 3.05) is 0 Å². The van der Waals surface area contributed by atoms with Gasteiger partial charge in [0.15, 0.2) is 5.82 Å². The van der Waals surface area contributed by atoms with Crippen LogP contribution < -0.4 is 0 Å². The first-order chi connectivity index (χ1) is 10.1. The third-order valence-electron chi connectivity index (χ3n) is 2.86. The highest BCUT2D eigenvalue weighted by atomic mass is 32.2. The van der Waals surface area contributed by atoms with Crippen LogP contribution in [0.25, 0.3) is 11.5 Å². The molecule has 0 aliphatic heterocycles. The molecule has 5 nitrogen and oxygen atoms in total. The summed E-state index contributed by atoms with van der Waals surface area (Å²) in [4.78, 5) is 8.44. The van der Waals surface area contributed by atoms with Gasteiger partial charge in [-0.15, -0.1) is 0 Å². The Kier molecular flexibility index (Phi) is 3.52. The minimum Gasteiger partial charge on any atom is -0.253 e. The Morgan fingerprint density at radius 1 is 1.05 bits per heavy atom. The van der Waals surface area contributed by atoms with E-state index in [2.05, 4.69) is 14.3 Å². The van der Waals surface area contributed by atoms with E-state index in [9.17, 15) is 8.42 Å². The molecule has 3 rings (SSSR count). The number of rotatable bonds is 3. The fourth-order valence-corrected chi connectivity index (χ4v) is 3.86. The van der Waals surface area contributed by atoms with Crippen molar-refractivity contribution in [2.45, 2.75) is 16.2 Å². The van der Waals surface area contributed by atoms with Crippen LogP contribution in [-0.4, -0.2) is 22.8 Å². The molecule has 7 heteroatoms. The molecular weight excluding hydrogens is 306 g/mol. The van der Waals surface area contributed by atoms with Gasteiger partial charge >= 0.3 is 0 Å². The molecule has 0 unspecified atom stereocenters. The van der Waals surface area contributed by atoms with Gasteiger partial charge in [0.05, 0.1) is 4.90 Å². The van der Waals surface area contributed by atoms with Crippen molar-refractivity contribution in [3.8, 4) is 11.5 Å². The molecular formula is C14H11N3O2S2. The number of sulfone groups is 1. The van der Waals surface area contributed by atoms with Gasteiger partial charge in [0.1, 0.15) is 5.69 Å². The molecule has 0 saturated heterocycles. The largest absolute Gasteiger partial charge is 0.253 e. The predicted octanol–water partition coefficient (Wildman–Crippen LogP) is 2.74. The van der Waals surface area contributed by atoms with E-state index >= 15 is 0 Å². The fourth-order valence-electron chi connectivity index (χ4n) is 1.74. The first-order valence-corrected chi connectivity index (χ1v) is 8.40. The number of nitrogens with zero attached hydrogens (tertiary/aromatic N) is 3. The van der Waals surface area contributed by atoms with Crippen molar-refractivity contribution < 1.29 is 8.42 Å². The van der Waals surface area contributed by atoms with Crippen molar-refractivity contribution in [2.24, 2.45) is 0 Å². The maximum Gasteiger partial charge on any atom is 0.235 e. The molecule has 2 heterocycles. The van der Waals surface area contributed by atoms with E-state index < -0.39 is 9.84 Å². The molecule has 0 fully saturated rings. The molecule has 0 bridgehead atoms. The Bertz CT molecular complexity index is 857. The molecule has 0 aliphatic rings. The lowest BCUT2D eigenvalue weighted by Gasteiger charge is -2.00. The third kappa shape index (κ3) is 2.70. The number of pyridine rings is 1. The van der Waals surface area contributed by atoms with Crippen LogP contribution in [0.1, 0.15) is 5.56 Å². The molecule has 0 saturated carbocycles. The average molecular weight is 317 g/mol. The second-order valence-corrected chi connectivity index (χ2v) is 7.29. The summed E-state index contributed by atoms with van der Waals surface area (Å²) in [6, 6.07) is 12.0. The van der Waals surface area contributed by atoms with Gasteiger partial charge in [-0.05, 0) is 42.7 Å². The van der Waals surface area contributed by atoms with E-state index in [1.54, 1.807) is 48.7 Å². The number of aromatic nitrogens is 3. The van der Waals surface area contributed by atoms with Gasteiger partial charge in [-0.25, -0.2) is 13.4 Å². The minimum atomic E-state index is -3.63. The van der Waals surface area contributed by atoms with Gasteiger partial charge in [0.25, 0.3) is 0 Å². The molecule has 0 N–H and O–H groups in total. The molecule has 2 aromatic heterocycles. The van der Waals surface area contributed by atoms with E-state index in [0.717, 1.165) is 17.1 Å². The number of benzene rings is 1. The van der Waals surface area contributed by atoms with Crippen LogP contribution in [0.15, 0.2) is 57.9 Å². The molecule has 0 spiro atoms. The van der Waals surface area contributed by atoms with Crippen LogP contribution in [0.3, 0.4) is 0 Å². The first kappa shape index (κ1) is 13.8. The van der Waals surface area contributed by atoms with E-state index in [1.807, 2.05) is 6.92 Å². The molecule has 0 radical (unpaired) electrons. The van der Waals surface area contributed by atoms with E-state index in [4.69, 9.17) is 0 Å². The minimum absolute atomic E-state index is 0.0213. The normalized spacial score (nSPS) is 11.5. The van der Waals surface area contributed by atoms with Crippen LogP contribution >= 0.6 is 11.5 Å². The highest BCUT2D eigenvalue weighted by Crippen LogP contribution is 2.25. The highest BCUT2D eigenvalue weighted by molar-refractivity contribution is 7.93. The average Bonchev–Trinajstić information content (AvgIpc) is 2.99. The Hall–Kier alpha value is -2.12. The quantitative estimate of drug-likeness (QED) is 0.742. The van der Waals surface area contributed by atoms with Crippen LogP contribution in [0.5, 0.6) is 0 Å². The number of hydrogen-bond donors (Lipinski definition) is 0. The van der Waals surface area contributed by atoms with Crippen molar-refractivity contribution in [3.63, 3.8) is 0 Å².